The van der Waals surface area contributed by atoms with Crippen molar-refractivity contribution in [3.8, 4) is 0 Å². The molecule has 2 aromatic carbocycles. The third-order valence-corrected chi connectivity index (χ3v) is 3.46. The maximum atomic E-state index is 14.5. The number of hydrogen-bond acceptors (Lipinski definition) is 4. The summed E-state index contributed by atoms with van der Waals surface area (Å²) >= 11 is 0. The lowest BCUT2D eigenvalue weighted by Gasteiger charge is -2.19. The molecule has 0 saturated carbocycles. The summed E-state index contributed by atoms with van der Waals surface area (Å²) in [5.41, 5.74) is 13.3. The molecule has 0 radical (unpaired) electrons. The normalized spacial score (nSPS) is 10.8. The maximum absolute atomic E-state index is 14.5. The van der Waals surface area contributed by atoms with Gasteiger partial charge in [0, 0.05) is 0 Å². The molecule has 3 rings (SSSR count). The summed E-state index contributed by atoms with van der Waals surface area (Å²) in [6, 6.07) is 19.1. The Morgan fingerprint density at radius 3 is 1.77 bits per heavy atom. The molecule has 0 aliphatic rings. The Balaban J connectivity index is 2.23. The number of nitrogens with zero attached hydrogens (tertiary/aromatic N) is 2. The predicted octanol–water partition coefficient (Wildman–Crippen LogP) is 2.96. The fourth-order valence-corrected chi connectivity index (χ4v) is 2.49. The van der Waals surface area contributed by atoms with Crippen LogP contribution in [0, 0.1) is 5.82 Å². The average molecular weight is 294 g/mol. The van der Waals surface area contributed by atoms with Gasteiger partial charge in [0.15, 0.2) is 11.6 Å². The number of nitrogen functional groups attached to an aromatic ring is 2. The molecule has 0 atom stereocenters. The van der Waals surface area contributed by atoms with Crippen LogP contribution in [-0.4, -0.2) is 9.97 Å². The van der Waals surface area contributed by atoms with Crippen molar-refractivity contribution in [3.05, 3.63) is 83.3 Å². The molecule has 4 N–H and O–H groups in total. The molecule has 0 unspecified atom stereocenters. The summed E-state index contributed by atoms with van der Waals surface area (Å²) < 4.78 is 14.5. The van der Waals surface area contributed by atoms with Gasteiger partial charge in [0.2, 0.25) is 5.95 Å². The maximum Gasteiger partial charge on any atom is 0.222 e. The second-order valence-electron chi connectivity index (χ2n) is 4.92. The molecule has 0 bridgehead atoms. The molecule has 1 heterocycles. The zero-order valence-electron chi connectivity index (χ0n) is 11.8. The number of benzene rings is 2. The Hall–Kier alpha value is -2.95. The van der Waals surface area contributed by atoms with E-state index in [0.717, 1.165) is 11.1 Å². The van der Waals surface area contributed by atoms with Crippen LogP contribution >= 0.6 is 0 Å². The van der Waals surface area contributed by atoms with Gasteiger partial charge >= 0.3 is 0 Å². The van der Waals surface area contributed by atoms with Gasteiger partial charge in [-0.05, 0) is 11.1 Å². The van der Waals surface area contributed by atoms with Crippen molar-refractivity contribution in [2.24, 2.45) is 0 Å². The molecule has 4 nitrogen and oxygen atoms in total. The Morgan fingerprint density at radius 2 is 1.27 bits per heavy atom. The summed E-state index contributed by atoms with van der Waals surface area (Å²) in [6.07, 6.45) is 0. The smallest absolute Gasteiger partial charge is 0.222 e. The minimum absolute atomic E-state index is 0.0363. The number of anilines is 2. The lowest BCUT2D eigenvalue weighted by Crippen LogP contribution is -2.13. The number of rotatable bonds is 3. The third-order valence-electron chi connectivity index (χ3n) is 3.46. The van der Waals surface area contributed by atoms with Gasteiger partial charge in [-0.2, -0.15) is 4.98 Å². The highest BCUT2D eigenvalue weighted by Crippen LogP contribution is 2.33. The zero-order valence-corrected chi connectivity index (χ0v) is 11.8. The first kappa shape index (κ1) is 14.0. The van der Waals surface area contributed by atoms with E-state index >= 15 is 0 Å². The van der Waals surface area contributed by atoms with E-state index in [1.54, 1.807) is 0 Å². The Morgan fingerprint density at radius 1 is 0.773 bits per heavy atom. The lowest BCUT2D eigenvalue weighted by atomic mass is 9.88. The van der Waals surface area contributed by atoms with Crippen molar-refractivity contribution < 1.29 is 4.39 Å². The van der Waals surface area contributed by atoms with Crippen LogP contribution in [0.5, 0.6) is 0 Å². The first-order valence-corrected chi connectivity index (χ1v) is 6.85. The molecule has 3 aromatic rings. The summed E-state index contributed by atoms with van der Waals surface area (Å²) in [5.74, 6) is -1.30. The van der Waals surface area contributed by atoms with E-state index in [4.69, 9.17) is 11.5 Å². The minimum atomic E-state index is -0.632. The van der Waals surface area contributed by atoms with Crippen LogP contribution in [0.25, 0.3) is 0 Å². The van der Waals surface area contributed by atoms with E-state index in [1.165, 1.54) is 0 Å². The predicted molar refractivity (Wildman–Crippen MR) is 84.6 cm³/mol. The van der Waals surface area contributed by atoms with E-state index in [-0.39, 0.29) is 17.5 Å². The minimum Gasteiger partial charge on any atom is -0.381 e. The van der Waals surface area contributed by atoms with Crippen molar-refractivity contribution in [1.29, 1.82) is 0 Å². The molecule has 0 fully saturated rings. The van der Waals surface area contributed by atoms with Gasteiger partial charge in [0.25, 0.3) is 0 Å². The van der Waals surface area contributed by atoms with Gasteiger partial charge in [-0.3, -0.25) is 0 Å². The van der Waals surface area contributed by atoms with Crippen LogP contribution in [0.4, 0.5) is 16.2 Å². The van der Waals surface area contributed by atoms with Crippen LogP contribution in [0.1, 0.15) is 22.7 Å². The van der Waals surface area contributed by atoms with Gasteiger partial charge < -0.3 is 11.5 Å². The quantitative estimate of drug-likeness (QED) is 0.778. The van der Waals surface area contributed by atoms with Crippen molar-refractivity contribution in [2.45, 2.75) is 5.92 Å². The Bertz CT molecular complexity index is 736. The number of nitrogens with two attached hydrogens (primary N) is 2. The standard InChI is InChI=1S/C17H15FN4/c18-14-15(21-17(20)22-16(14)19)13(11-7-3-1-4-8-11)12-9-5-2-6-10-12/h1-10,13H,(H4,19,20,21,22). The second-order valence-corrected chi connectivity index (χ2v) is 4.92. The van der Waals surface area contributed by atoms with Gasteiger partial charge in [0.05, 0.1) is 11.6 Å². The number of aromatic nitrogens is 2. The lowest BCUT2D eigenvalue weighted by molar-refractivity contribution is 0.594. The highest BCUT2D eigenvalue weighted by molar-refractivity contribution is 5.47. The van der Waals surface area contributed by atoms with Crippen LogP contribution in [0.2, 0.25) is 0 Å². The summed E-state index contributed by atoms with van der Waals surface area (Å²) in [5, 5.41) is 0. The zero-order chi connectivity index (χ0) is 15.5. The van der Waals surface area contributed by atoms with Gasteiger partial charge in [-0.15, -0.1) is 0 Å². The molecule has 0 amide bonds. The molecule has 5 heteroatoms. The van der Waals surface area contributed by atoms with E-state index in [1.807, 2.05) is 60.7 Å². The third kappa shape index (κ3) is 2.61. The van der Waals surface area contributed by atoms with Gasteiger partial charge in [-0.25, -0.2) is 9.37 Å². The van der Waals surface area contributed by atoms with E-state index in [9.17, 15) is 4.39 Å². The molecule has 1 aromatic heterocycles. The van der Waals surface area contributed by atoms with Crippen molar-refractivity contribution >= 4 is 11.8 Å². The molecule has 0 saturated heterocycles. The first-order chi connectivity index (χ1) is 10.7. The monoisotopic (exact) mass is 294 g/mol. The fraction of sp³-hybridized carbons (Fsp3) is 0.0588. The van der Waals surface area contributed by atoms with E-state index < -0.39 is 11.7 Å². The van der Waals surface area contributed by atoms with Gasteiger partial charge in [0.1, 0.15) is 0 Å². The topological polar surface area (TPSA) is 77.8 Å². The van der Waals surface area contributed by atoms with Crippen LogP contribution in [-0.2, 0) is 0 Å². The summed E-state index contributed by atoms with van der Waals surface area (Å²) in [6.45, 7) is 0. The summed E-state index contributed by atoms with van der Waals surface area (Å²) in [4.78, 5) is 7.77. The van der Waals surface area contributed by atoms with Gasteiger partial charge in [-0.1, -0.05) is 60.7 Å². The molecule has 0 spiro atoms. The van der Waals surface area contributed by atoms with Crippen molar-refractivity contribution in [1.82, 2.24) is 9.97 Å². The summed E-state index contributed by atoms with van der Waals surface area (Å²) in [7, 11) is 0. The van der Waals surface area contributed by atoms with E-state index in [0.29, 0.717) is 0 Å². The molecule has 0 aliphatic carbocycles. The first-order valence-electron chi connectivity index (χ1n) is 6.85. The average Bonchev–Trinajstić information content (AvgIpc) is 2.54. The molecule has 22 heavy (non-hydrogen) atoms. The van der Waals surface area contributed by atoms with Crippen LogP contribution in [0.15, 0.2) is 60.7 Å². The largest absolute Gasteiger partial charge is 0.381 e. The SMILES string of the molecule is Nc1nc(N)c(F)c(C(c2ccccc2)c2ccccc2)n1. The molecular weight excluding hydrogens is 279 g/mol. The molecular formula is C17H15FN4. The van der Waals surface area contributed by atoms with Crippen LogP contribution in [0.3, 0.4) is 0 Å². The Kier molecular flexibility index (Phi) is 3.70. The highest BCUT2D eigenvalue weighted by atomic mass is 19.1. The second kappa shape index (κ2) is 5.81. The van der Waals surface area contributed by atoms with Crippen molar-refractivity contribution in [2.75, 3.05) is 11.5 Å². The molecule has 110 valence electrons. The molecule has 0 aliphatic heterocycles. The Labute approximate surface area is 127 Å². The van der Waals surface area contributed by atoms with E-state index in [2.05, 4.69) is 9.97 Å². The van der Waals surface area contributed by atoms with Crippen molar-refractivity contribution in [3.63, 3.8) is 0 Å². The highest BCUT2D eigenvalue weighted by Gasteiger charge is 2.24. The number of hydrogen-bond donors (Lipinski definition) is 2. The fourth-order valence-electron chi connectivity index (χ4n) is 2.49. The number of halogens is 1. The van der Waals surface area contributed by atoms with Crippen LogP contribution < -0.4 is 11.5 Å².